The fraction of sp³-hybridized carbons (Fsp3) is 0.544. The number of alkyl carbamates (subject to hydrolysis) is 1. The Hall–Kier alpha value is -6.44. The van der Waals surface area contributed by atoms with Gasteiger partial charge in [-0.25, -0.2) is 19.2 Å². The van der Waals surface area contributed by atoms with Crippen LogP contribution in [0.1, 0.15) is 98.5 Å². The minimum absolute atomic E-state index is 0.0331. The summed E-state index contributed by atoms with van der Waals surface area (Å²) in [5.41, 5.74) is 4.40. The fourth-order valence-corrected chi connectivity index (χ4v) is 10.5. The highest BCUT2D eigenvalue weighted by molar-refractivity contribution is 9.09. The Kier molecular flexibility index (Phi) is 24.7. The average molecular weight is 1270 g/mol. The molecule has 23 nitrogen and oxygen atoms in total. The third-order valence-corrected chi connectivity index (χ3v) is 15.9. The molecule has 26 heteroatoms. The van der Waals surface area contributed by atoms with Crippen molar-refractivity contribution in [3.8, 4) is 5.75 Å². The number of fused-ring (bicyclic) bond motifs is 5. The van der Waals surface area contributed by atoms with Crippen molar-refractivity contribution in [3.63, 3.8) is 0 Å². The number of hydrogen-bond acceptors (Lipinski definition) is 15. The number of urea groups is 1. The molecule has 10 atom stereocenters. The van der Waals surface area contributed by atoms with Crippen LogP contribution in [-0.4, -0.2) is 140 Å². The lowest BCUT2D eigenvalue weighted by Crippen LogP contribution is -2.63. The van der Waals surface area contributed by atoms with Gasteiger partial charge in [-0.1, -0.05) is 90.3 Å². The quantitative estimate of drug-likeness (QED) is 0.0141. The number of aliphatic hydroxyl groups is 1. The lowest BCUT2D eigenvalue weighted by molar-refractivity contribution is -0.144. The number of ether oxygens (including phenoxy) is 6. The van der Waals surface area contributed by atoms with Crippen molar-refractivity contribution in [1.82, 2.24) is 21.3 Å². The van der Waals surface area contributed by atoms with Crippen LogP contribution in [0.2, 0.25) is 10.0 Å². The molecule has 0 spiro atoms. The van der Waals surface area contributed by atoms with Crippen LogP contribution in [0.15, 0.2) is 66.3 Å². The molecule has 0 aromatic heterocycles. The Morgan fingerprint density at radius 2 is 1.73 bits per heavy atom. The van der Waals surface area contributed by atoms with Gasteiger partial charge in [0.2, 0.25) is 23.6 Å². The van der Waals surface area contributed by atoms with Crippen LogP contribution >= 0.6 is 39.1 Å². The number of anilines is 3. The number of nitrogens with one attached hydrogen (secondary N) is 6. The van der Waals surface area contributed by atoms with Crippen LogP contribution in [0.3, 0.4) is 0 Å². The second-order valence-electron chi connectivity index (χ2n) is 21.5. The molecule has 8 amide bonds. The van der Waals surface area contributed by atoms with E-state index in [9.17, 15) is 43.5 Å². The normalized spacial score (nSPS) is 24.6. The third kappa shape index (κ3) is 18.8. The molecular weight excluding hydrogens is 1190 g/mol. The summed E-state index contributed by atoms with van der Waals surface area (Å²) in [6.07, 6.45) is 0.462. The maximum atomic E-state index is 14.4. The first kappa shape index (κ1) is 67.4. The van der Waals surface area contributed by atoms with E-state index in [0.29, 0.717) is 37.1 Å². The summed E-state index contributed by atoms with van der Waals surface area (Å²) in [6.45, 7) is 14.2. The Labute approximate surface area is 501 Å². The van der Waals surface area contributed by atoms with Gasteiger partial charge in [0, 0.05) is 56.1 Å². The zero-order valence-corrected chi connectivity index (χ0v) is 51.2. The molecule has 83 heavy (non-hydrogen) atoms. The second-order valence-corrected chi connectivity index (χ2v) is 22.8. The van der Waals surface area contributed by atoms with Gasteiger partial charge in [0.15, 0.2) is 5.72 Å². The molecule has 2 aromatic carbocycles. The van der Waals surface area contributed by atoms with Crippen molar-refractivity contribution in [2.45, 2.75) is 153 Å². The number of hydrogen-bond donors (Lipinski definition) is 8. The smallest absolute Gasteiger partial charge is 0.412 e. The molecule has 2 saturated heterocycles. The monoisotopic (exact) mass is 1260 g/mol. The molecular formula is C57H77BrCl2N8O15. The van der Waals surface area contributed by atoms with Gasteiger partial charge in [-0.3, -0.25) is 29.8 Å². The second kappa shape index (κ2) is 30.4. The first-order valence-corrected chi connectivity index (χ1v) is 29.1. The summed E-state index contributed by atoms with van der Waals surface area (Å²) in [5, 5.41) is 28.1. The topological polar surface area (TPSA) is 317 Å². The van der Waals surface area contributed by atoms with E-state index in [1.54, 1.807) is 58.9 Å². The van der Waals surface area contributed by atoms with Gasteiger partial charge in [-0.2, -0.15) is 0 Å². The molecule has 2 aromatic rings. The van der Waals surface area contributed by atoms with Crippen LogP contribution in [0.4, 0.5) is 31.4 Å². The largest absolute Gasteiger partial charge is 0.495 e. The summed E-state index contributed by atoms with van der Waals surface area (Å²) >= 11 is 16.7. The highest BCUT2D eigenvalue weighted by atomic mass is 79.9. The molecule has 456 valence electrons. The van der Waals surface area contributed by atoms with Crippen molar-refractivity contribution in [2.75, 3.05) is 48.7 Å². The van der Waals surface area contributed by atoms with Crippen LogP contribution in [0.5, 0.6) is 5.75 Å². The Balaban J connectivity index is 1.32. The van der Waals surface area contributed by atoms with E-state index in [1.807, 2.05) is 13.0 Å². The first-order chi connectivity index (χ1) is 39.1. The minimum atomic E-state index is -1.91. The lowest BCUT2D eigenvalue weighted by atomic mass is 9.83. The van der Waals surface area contributed by atoms with Crippen molar-refractivity contribution in [3.05, 3.63) is 81.9 Å². The van der Waals surface area contributed by atoms with E-state index in [2.05, 4.69) is 54.4 Å². The predicted molar refractivity (Wildman–Crippen MR) is 315 cm³/mol. The number of rotatable bonds is 22. The average Bonchev–Trinajstić information content (AvgIpc) is 1.85. The SMILES string of the molecule is C=C(CBr)C(=O)OC(C)CCCCC(=O)N[C@H](C(=O)N[C@@H](CCCNC(N)=O)C(=O)Nc1ccc(NC(=O)O[C@H]2CC(=O)N(C)c3cc(cc(OC)c3Cl)C/C(C)=C/C=C/[C@@H](OC)[C@@]3(O)C[C@H](OC(=O)N3)[C@@H](C)[C@@H]3O[C@@]23C)c(Cl)c1)C(C)C. The molecule has 1 unspecified atom stereocenters. The molecule has 2 fully saturated rings. The number of allylic oxidation sites excluding steroid dienone is 3. The molecule has 5 rings (SSSR count). The number of unbranched alkanes of at least 4 members (excludes halogenated alkanes) is 1. The van der Waals surface area contributed by atoms with Crippen LogP contribution in [0, 0.1) is 11.8 Å². The van der Waals surface area contributed by atoms with E-state index in [-0.39, 0.29) is 64.6 Å². The van der Waals surface area contributed by atoms with Gasteiger partial charge in [0.1, 0.15) is 46.8 Å². The number of benzene rings is 2. The molecule has 0 aliphatic carbocycles. The number of nitrogens with zero attached hydrogens (tertiary/aromatic N) is 1. The van der Waals surface area contributed by atoms with Gasteiger partial charge >= 0.3 is 24.2 Å². The van der Waals surface area contributed by atoms with E-state index in [0.717, 1.165) is 11.1 Å². The zero-order chi connectivity index (χ0) is 61.5. The van der Waals surface area contributed by atoms with Crippen LogP contribution in [0.25, 0.3) is 0 Å². The van der Waals surface area contributed by atoms with Gasteiger partial charge in [-0.05, 0) is 101 Å². The van der Waals surface area contributed by atoms with Crippen molar-refractivity contribution < 1.29 is 71.9 Å². The molecule has 0 saturated carbocycles. The molecule has 0 radical (unpaired) electrons. The van der Waals surface area contributed by atoms with E-state index < -0.39 is 120 Å². The lowest BCUT2D eigenvalue weighted by Gasteiger charge is -2.42. The number of primary amides is 1. The Bertz CT molecular complexity index is 2800. The van der Waals surface area contributed by atoms with E-state index in [1.165, 1.54) is 44.4 Å². The Morgan fingerprint density at radius 3 is 2.39 bits per heavy atom. The zero-order valence-electron chi connectivity index (χ0n) is 48.1. The molecule has 3 aliphatic heterocycles. The number of carbonyl (C=O) groups is 8. The number of alkyl halides is 1. The summed E-state index contributed by atoms with van der Waals surface area (Å²) < 4.78 is 34.7. The first-order valence-electron chi connectivity index (χ1n) is 27.2. The van der Waals surface area contributed by atoms with Crippen molar-refractivity contribution in [2.24, 2.45) is 17.6 Å². The third-order valence-electron chi connectivity index (χ3n) is 14.6. The number of epoxide rings is 1. The molecule has 9 N–H and O–H groups in total. The number of esters is 1. The highest BCUT2D eigenvalue weighted by Crippen LogP contribution is 2.49. The molecule has 3 aliphatic rings. The predicted octanol–water partition coefficient (Wildman–Crippen LogP) is 7.48. The minimum Gasteiger partial charge on any atom is -0.495 e. The highest BCUT2D eigenvalue weighted by Gasteiger charge is 2.64. The van der Waals surface area contributed by atoms with Crippen LogP contribution < -0.4 is 47.3 Å². The summed E-state index contributed by atoms with van der Waals surface area (Å²) in [5.74, 6) is -3.46. The Morgan fingerprint density at radius 1 is 1.01 bits per heavy atom. The molecule has 4 bridgehead atoms. The van der Waals surface area contributed by atoms with Gasteiger partial charge in [0.05, 0.1) is 42.1 Å². The number of halogens is 3. The van der Waals surface area contributed by atoms with Crippen molar-refractivity contribution in [1.29, 1.82) is 0 Å². The maximum Gasteiger partial charge on any atom is 0.412 e. The van der Waals surface area contributed by atoms with Crippen molar-refractivity contribution >= 4 is 104 Å². The van der Waals surface area contributed by atoms with Gasteiger partial charge in [-0.15, -0.1) is 0 Å². The number of nitrogens with two attached hydrogens (primary N) is 1. The number of methoxy groups -OCH3 is 2. The van der Waals surface area contributed by atoms with Crippen LogP contribution in [-0.2, 0) is 54.1 Å². The van der Waals surface area contributed by atoms with E-state index in [4.69, 9.17) is 57.4 Å². The maximum absolute atomic E-state index is 14.4. The van der Waals surface area contributed by atoms with Gasteiger partial charge in [0.25, 0.3) is 0 Å². The molecule has 3 heterocycles. The number of amides is 8. The fourth-order valence-electron chi connectivity index (χ4n) is 9.72. The standard InChI is InChI=1S/C57H77BrCl2N8O15/c1-30(2)48(66-45(69)19-12-11-16-33(5)80-52(73)32(4)29-58)51(72)64-39(17-14-22-62-53(61)74)50(71)63-36-20-21-38(37(59)26-36)65-54(75)82-44-27-46(70)68(8)40-24-35(25-41(78-9)47(40)60)23-31(3)15-13-18-43(79-10)57(77)28-42(81-55(76)67-57)34(6)49-56(44,7)83-49/h13,15,18,20-21,24-26,30,33-34,39,42-44,48-49,77H,4,11-12,14,16-17,19,22-23,27-29H2,1-3,5-10H3,(H,63,71)(H,64,72)(H,65,75)(H,66,69)(H,67,76)(H3,61,62,74)/b18-13+,31-15+/t33?,34-,39+,42+,43-,44+,48+,49+,56+,57+/m1/s1. The number of carbonyl (C=O) groups excluding carboxylic acids is 8. The van der Waals surface area contributed by atoms with Gasteiger partial charge < -0.3 is 65.4 Å². The summed E-state index contributed by atoms with van der Waals surface area (Å²) in [4.78, 5) is 107. The van der Waals surface area contributed by atoms with E-state index >= 15 is 0 Å². The summed E-state index contributed by atoms with van der Waals surface area (Å²) in [6, 6.07) is 4.68. The summed E-state index contributed by atoms with van der Waals surface area (Å²) in [7, 11) is 4.38.